The quantitative estimate of drug-likeness (QED) is 0.879. The summed E-state index contributed by atoms with van der Waals surface area (Å²) >= 11 is 0. The van der Waals surface area contributed by atoms with Gasteiger partial charge in [-0.25, -0.2) is 9.18 Å². The third-order valence-corrected chi connectivity index (χ3v) is 5.19. The zero-order valence-electron chi connectivity index (χ0n) is 14.9. The van der Waals surface area contributed by atoms with Gasteiger partial charge in [0.2, 0.25) is 5.91 Å². The number of furan rings is 1. The summed E-state index contributed by atoms with van der Waals surface area (Å²) in [4.78, 5) is 25.9. The van der Waals surface area contributed by atoms with Crippen LogP contribution in [-0.2, 0) is 16.8 Å². The molecule has 1 aromatic heterocycles. The molecular formula is C20H22FNO4. The minimum Gasteiger partial charge on any atom is -0.478 e. The van der Waals surface area contributed by atoms with E-state index in [1.807, 2.05) is 0 Å². The van der Waals surface area contributed by atoms with Gasteiger partial charge in [-0.05, 0) is 31.9 Å². The number of amides is 1. The fraction of sp³-hybridized carbons (Fsp3) is 0.400. The number of aryl methyl sites for hydroxylation is 1. The van der Waals surface area contributed by atoms with E-state index in [0.717, 1.165) is 12.8 Å². The number of rotatable bonds is 5. The highest BCUT2D eigenvalue weighted by Crippen LogP contribution is 2.43. The Balaban J connectivity index is 1.87. The Morgan fingerprint density at radius 1 is 1.27 bits per heavy atom. The predicted octanol–water partition coefficient (Wildman–Crippen LogP) is 3.90. The van der Waals surface area contributed by atoms with Crippen molar-refractivity contribution in [2.45, 2.75) is 44.6 Å². The van der Waals surface area contributed by atoms with Crippen molar-refractivity contribution in [2.75, 3.05) is 7.05 Å². The summed E-state index contributed by atoms with van der Waals surface area (Å²) in [7, 11) is 1.64. The third-order valence-electron chi connectivity index (χ3n) is 5.19. The Labute approximate surface area is 151 Å². The van der Waals surface area contributed by atoms with Crippen molar-refractivity contribution in [3.63, 3.8) is 0 Å². The maximum absolute atomic E-state index is 14.4. The number of carboxylic acid groups (broad SMARTS) is 1. The standard InChI is InChI=1S/C20H22FNO4/c1-13-15(18(23)24)11-14(26-13)12-22(2)19(25)20(9-5-6-10-20)16-7-3-4-8-17(16)21/h3-4,7-8,11H,5-6,9-10,12H2,1-2H3,(H,23,24). The van der Waals surface area contributed by atoms with Crippen LogP contribution in [0, 0.1) is 12.7 Å². The number of carbonyl (C=O) groups excluding carboxylic acids is 1. The molecule has 1 aliphatic carbocycles. The second kappa shape index (κ2) is 6.94. The molecule has 6 heteroatoms. The number of benzene rings is 1. The molecule has 1 N–H and O–H groups in total. The van der Waals surface area contributed by atoms with Crippen LogP contribution >= 0.6 is 0 Å². The summed E-state index contributed by atoms with van der Waals surface area (Å²) in [5.41, 5.74) is -0.334. The van der Waals surface area contributed by atoms with E-state index < -0.39 is 11.4 Å². The first-order valence-corrected chi connectivity index (χ1v) is 8.68. The highest BCUT2D eigenvalue weighted by atomic mass is 19.1. The van der Waals surface area contributed by atoms with Crippen LogP contribution in [0.1, 0.15) is 53.1 Å². The van der Waals surface area contributed by atoms with E-state index in [1.165, 1.54) is 17.0 Å². The average Bonchev–Trinajstić information content (AvgIpc) is 3.22. The number of halogens is 1. The molecule has 0 saturated heterocycles. The third kappa shape index (κ3) is 3.11. The van der Waals surface area contributed by atoms with Crippen LogP contribution in [0.25, 0.3) is 0 Å². The summed E-state index contributed by atoms with van der Waals surface area (Å²) < 4.78 is 19.9. The first-order chi connectivity index (χ1) is 12.3. The van der Waals surface area contributed by atoms with E-state index in [0.29, 0.717) is 29.9 Å². The van der Waals surface area contributed by atoms with Gasteiger partial charge in [-0.1, -0.05) is 31.0 Å². The number of likely N-dealkylation sites (N-methyl/N-ethyl adjacent to an activating group) is 1. The Morgan fingerprint density at radius 2 is 1.92 bits per heavy atom. The Kier molecular flexibility index (Phi) is 4.85. The molecule has 1 aliphatic rings. The van der Waals surface area contributed by atoms with Gasteiger partial charge in [0.1, 0.15) is 22.9 Å². The van der Waals surface area contributed by atoms with Crippen LogP contribution in [0.2, 0.25) is 0 Å². The number of nitrogens with zero attached hydrogens (tertiary/aromatic N) is 1. The molecule has 0 radical (unpaired) electrons. The van der Waals surface area contributed by atoms with Crippen molar-refractivity contribution < 1.29 is 23.5 Å². The SMILES string of the molecule is Cc1oc(CN(C)C(=O)C2(c3ccccc3F)CCCC2)cc1C(=O)O. The van der Waals surface area contributed by atoms with Gasteiger partial charge < -0.3 is 14.4 Å². The van der Waals surface area contributed by atoms with Crippen LogP contribution in [0.15, 0.2) is 34.7 Å². The average molecular weight is 359 g/mol. The van der Waals surface area contributed by atoms with Crippen molar-refractivity contribution in [1.29, 1.82) is 0 Å². The smallest absolute Gasteiger partial charge is 0.339 e. The molecule has 2 aromatic rings. The minimum absolute atomic E-state index is 0.0885. The first kappa shape index (κ1) is 18.2. The van der Waals surface area contributed by atoms with E-state index >= 15 is 0 Å². The Bertz CT molecular complexity index is 836. The van der Waals surface area contributed by atoms with E-state index in [1.54, 1.807) is 32.2 Å². The predicted molar refractivity (Wildman–Crippen MR) is 93.4 cm³/mol. The Hall–Kier alpha value is -2.63. The molecule has 26 heavy (non-hydrogen) atoms. The molecule has 5 nitrogen and oxygen atoms in total. The molecule has 1 fully saturated rings. The molecule has 0 spiro atoms. The summed E-state index contributed by atoms with van der Waals surface area (Å²) in [5, 5.41) is 9.13. The van der Waals surface area contributed by atoms with Crippen molar-refractivity contribution in [3.8, 4) is 0 Å². The zero-order chi connectivity index (χ0) is 18.9. The van der Waals surface area contributed by atoms with Gasteiger partial charge in [-0.15, -0.1) is 0 Å². The van der Waals surface area contributed by atoms with Gasteiger partial charge in [0.25, 0.3) is 0 Å². The van der Waals surface area contributed by atoms with Crippen molar-refractivity contribution in [1.82, 2.24) is 4.90 Å². The lowest BCUT2D eigenvalue weighted by atomic mass is 9.77. The molecular weight excluding hydrogens is 337 g/mol. The summed E-state index contributed by atoms with van der Waals surface area (Å²) in [6, 6.07) is 7.88. The van der Waals surface area contributed by atoms with Gasteiger partial charge in [0.05, 0.1) is 12.0 Å². The van der Waals surface area contributed by atoms with E-state index in [-0.39, 0.29) is 23.8 Å². The molecule has 1 saturated carbocycles. The molecule has 3 rings (SSSR count). The summed E-state index contributed by atoms with van der Waals surface area (Å²) in [6.07, 6.45) is 2.96. The molecule has 1 heterocycles. The van der Waals surface area contributed by atoms with E-state index in [9.17, 15) is 14.0 Å². The van der Waals surface area contributed by atoms with Crippen molar-refractivity contribution >= 4 is 11.9 Å². The van der Waals surface area contributed by atoms with Gasteiger partial charge in [0, 0.05) is 12.6 Å². The van der Waals surface area contributed by atoms with Crippen LogP contribution in [0.4, 0.5) is 4.39 Å². The lowest BCUT2D eigenvalue weighted by Crippen LogP contribution is -2.43. The van der Waals surface area contributed by atoms with Gasteiger partial charge in [0.15, 0.2) is 0 Å². The first-order valence-electron chi connectivity index (χ1n) is 8.68. The number of carboxylic acids is 1. The van der Waals surface area contributed by atoms with Crippen LogP contribution in [0.5, 0.6) is 0 Å². The van der Waals surface area contributed by atoms with Crippen LogP contribution in [-0.4, -0.2) is 28.9 Å². The highest BCUT2D eigenvalue weighted by Gasteiger charge is 2.45. The van der Waals surface area contributed by atoms with Crippen LogP contribution < -0.4 is 0 Å². The maximum Gasteiger partial charge on any atom is 0.339 e. The second-order valence-corrected chi connectivity index (χ2v) is 6.92. The molecule has 138 valence electrons. The monoisotopic (exact) mass is 359 g/mol. The topological polar surface area (TPSA) is 70.8 Å². The fourth-order valence-corrected chi connectivity index (χ4v) is 3.93. The van der Waals surface area contributed by atoms with Gasteiger partial charge in [-0.2, -0.15) is 0 Å². The molecule has 0 unspecified atom stereocenters. The minimum atomic E-state index is -1.06. The summed E-state index contributed by atoms with van der Waals surface area (Å²) in [6.45, 7) is 1.72. The largest absolute Gasteiger partial charge is 0.478 e. The van der Waals surface area contributed by atoms with Gasteiger partial charge >= 0.3 is 5.97 Å². The molecule has 1 aromatic carbocycles. The normalized spacial score (nSPS) is 15.8. The number of aromatic carboxylic acids is 1. The maximum atomic E-state index is 14.4. The lowest BCUT2D eigenvalue weighted by Gasteiger charge is -2.32. The molecule has 0 atom stereocenters. The van der Waals surface area contributed by atoms with E-state index in [2.05, 4.69) is 0 Å². The zero-order valence-corrected chi connectivity index (χ0v) is 14.9. The van der Waals surface area contributed by atoms with E-state index in [4.69, 9.17) is 9.52 Å². The fourth-order valence-electron chi connectivity index (χ4n) is 3.93. The molecule has 1 amide bonds. The second-order valence-electron chi connectivity index (χ2n) is 6.92. The Morgan fingerprint density at radius 3 is 2.50 bits per heavy atom. The number of carbonyl (C=O) groups is 2. The highest BCUT2D eigenvalue weighted by molar-refractivity contribution is 5.89. The van der Waals surface area contributed by atoms with Gasteiger partial charge in [-0.3, -0.25) is 4.79 Å². The van der Waals surface area contributed by atoms with Crippen LogP contribution in [0.3, 0.4) is 0 Å². The lowest BCUT2D eigenvalue weighted by molar-refractivity contribution is -0.137. The summed E-state index contributed by atoms with van der Waals surface area (Å²) in [5.74, 6) is -0.884. The van der Waals surface area contributed by atoms with Crippen molar-refractivity contribution in [3.05, 3.63) is 58.8 Å². The number of hydrogen-bond acceptors (Lipinski definition) is 3. The molecule has 0 aliphatic heterocycles. The molecule has 0 bridgehead atoms. The van der Waals surface area contributed by atoms with Crippen molar-refractivity contribution in [2.24, 2.45) is 0 Å². The number of hydrogen-bond donors (Lipinski definition) is 1.